The molecule has 1 amide bonds. The average molecular weight is 262 g/mol. The fraction of sp³-hybridized carbons (Fsp3) is 0.533. The Kier molecular flexibility index (Phi) is 4.93. The molecule has 104 valence electrons. The second kappa shape index (κ2) is 6.68. The van der Waals surface area contributed by atoms with Crippen molar-refractivity contribution in [1.82, 2.24) is 5.32 Å². The minimum atomic E-state index is -0.0172. The van der Waals surface area contributed by atoms with Crippen LogP contribution in [0.2, 0.25) is 0 Å². The van der Waals surface area contributed by atoms with E-state index in [4.69, 9.17) is 4.74 Å². The van der Waals surface area contributed by atoms with E-state index in [1.165, 1.54) is 5.56 Å². The van der Waals surface area contributed by atoms with Gasteiger partial charge in [-0.15, -0.1) is 0 Å². The van der Waals surface area contributed by atoms with E-state index in [0.29, 0.717) is 6.61 Å². The molecule has 2 N–H and O–H groups in total. The fourth-order valence-electron chi connectivity index (χ4n) is 2.22. The van der Waals surface area contributed by atoms with Gasteiger partial charge in [0.25, 0.3) is 0 Å². The van der Waals surface area contributed by atoms with E-state index in [9.17, 15) is 4.79 Å². The number of carbonyl (C=O) groups excluding carboxylic acids is 1. The quantitative estimate of drug-likeness (QED) is 0.855. The molecule has 4 nitrogen and oxygen atoms in total. The smallest absolute Gasteiger partial charge is 0.229 e. The van der Waals surface area contributed by atoms with Crippen LogP contribution in [0, 0.1) is 5.92 Å². The first-order chi connectivity index (χ1) is 9.19. The van der Waals surface area contributed by atoms with Crippen LogP contribution in [-0.2, 0) is 16.1 Å². The highest BCUT2D eigenvalue weighted by molar-refractivity contribution is 5.92. The summed E-state index contributed by atoms with van der Waals surface area (Å²) in [6.45, 7) is 6.44. The van der Waals surface area contributed by atoms with E-state index >= 15 is 0 Å². The van der Waals surface area contributed by atoms with Gasteiger partial charge in [0.15, 0.2) is 0 Å². The van der Waals surface area contributed by atoms with Crippen LogP contribution in [0.15, 0.2) is 24.3 Å². The van der Waals surface area contributed by atoms with Gasteiger partial charge in [0.1, 0.15) is 0 Å². The summed E-state index contributed by atoms with van der Waals surface area (Å²) in [5, 5.41) is 6.22. The molecule has 4 heteroatoms. The van der Waals surface area contributed by atoms with Gasteiger partial charge in [-0.25, -0.2) is 0 Å². The summed E-state index contributed by atoms with van der Waals surface area (Å²) in [6, 6.07) is 7.96. The molecule has 2 atom stereocenters. The zero-order chi connectivity index (χ0) is 13.7. The van der Waals surface area contributed by atoms with Crippen LogP contribution in [0.5, 0.6) is 0 Å². The van der Waals surface area contributed by atoms with Crippen LogP contribution in [0.3, 0.4) is 0 Å². The van der Waals surface area contributed by atoms with E-state index in [0.717, 1.165) is 25.2 Å². The Bertz CT molecular complexity index is 417. The van der Waals surface area contributed by atoms with Crippen molar-refractivity contribution in [2.24, 2.45) is 5.92 Å². The zero-order valence-corrected chi connectivity index (χ0v) is 11.6. The fourth-order valence-corrected chi connectivity index (χ4v) is 2.22. The lowest BCUT2D eigenvalue weighted by Gasteiger charge is -2.10. The van der Waals surface area contributed by atoms with Crippen LogP contribution in [-0.4, -0.2) is 25.2 Å². The maximum atomic E-state index is 12.0. The molecule has 1 aliphatic rings. The maximum Gasteiger partial charge on any atom is 0.229 e. The first-order valence-electron chi connectivity index (χ1n) is 6.91. The first kappa shape index (κ1) is 14.0. The molecule has 0 spiro atoms. The summed E-state index contributed by atoms with van der Waals surface area (Å²) in [4.78, 5) is 12.0. The van der Waals surface area contributed by atoms with Gasteiger partial charge in [-0.3, -0.25) is 4.79 Å². The highest BCUT2D eigenvalue weighted by atomic mass is 16.5. The highest BCUT2D eigenvalue weighted by Crippen LogP contribution is 2.21. The molecule has 1 aromatic rings. The number of rotatable bonds is 5. The first-order valence-corrected chi connectivity index (χ1v) is 6.91. The largest absolute Gasteiger partial charge is 0.378 e. The summed E-state index contributed by atoms with van der Waals surface area (Å²) in [7, 11) is 0. The lowest BCUT2D eigenvalue weighted by Crippen LogP contribution is -2.23. The Labute approximate surface area is 114 Å². The number of amides is 1. The highest BCUT2D eigenvalue weighted by Gasteiger charge is 2.28. The number of nitrogens with one attached hydrogen (secondary N) is 2. The van der Waals surface area contributed by atoms with Gasteiger partial charge in [0.05, 0.1) is 18.6 Å². The molecule has 0 bridgehead atoms. The topological polar surface area (TPSA) is 50.4 Å². The second-order valence-corrected chi connectivity index (χ2v) is 5.04. The number of ether oxygens (including phenoxy) is 1. The summed E-state index contributed by atoms with van der Waals surface area (Å²) in [6.07, 6.45) is 1.00. The summed E-state index contributed by atoms with van der Waals surface area (Å²) in [5.41, 5.74) is 2.07. The summed E-state index contributed by atoms with van der Waals surface area (Å²) in [5.74, 6) is 0.0419. The second-order valence-electron chi connectivity index (χ2n) is 5.04. The van der Waals surface area contributed by atoms with Crippen molar-refractivity contribution in [3.63, 3.8) is 0 Å². The molecule has 1 saturated heterocycles. The molecule has 1 aromatic carbocycles. The van der Waals surface area contributed by atoms with E-state index in [1.54, 1.807) is 0 Å². The van der Waals surface area contributed by atoms with Crippen LogP contribution in [0.1, 0.15) is 25.8 Å². The number of carbonyl (C=O) groups is 1. The molecule has 1 heterocycles. The van der Waals surface area contributed by atoms with E-state index in [2.05, 4.69) is 17.6 Å². The number of anilines is 1. The maximum absolute atomic E-state index is 12.0. The third kappa shape index (κ3) is 4.04. The summed E-state index contributed by atoms with van der Waals surface area (Å²) < 4.78 is 5.42. The molecular formula is C15H22N2O2. The number of benzene rings is 1. The average Bonchev–Trinajstić information content (AvgIpc) is 2.85. The molecule has 1 aliphatic heterocycles. The molecular weight excluding hydrogens is 240 g/mol. The number of hydrogen-bond donors (Lipinski definition) is 2. The molecule has 2 rings (SSSR count). The van der Waals surface area contributed by atoms with Crippen molar-refractivity contribution in [1.29, 1.82) is 0 Å². The third-order valence-corrected chi connectivity index (χ3v) is 3.37. The molecule has 1 fully saturated rings. The van der Waals surface area contributed by atoms with Gasteiger partial charge in [-0.1, -0.05) is 19.1 Å². The van der Waals surface area contributed by atoms with Gasteiger partial charge in [-0.05, 0) is 37.6 Å². The lowest BCUT2D eigenvalue weighted by atomic mass is 10.1. The Balaban J connectivity index is 1.87. The van der Waals surface area contributed by atoms with Gasteiger partial charge in [0.2, 0.25) is 5.91 Å². The van der Waals surface area contributed by atoms with E-state index < -0.39 is 0 Å². The van der Waals surface area contributed by atoms with Gasteiger partial charge < -0.3 is 15.4 Å². The Hall–Kier alpha value is -1.39. The number of hydrogen-bond acceptors (Lipinski definition) is 3. The van der Waals surface area contributed by atoms with Gasteiger partial charge >= 0.3 is 0 Å². The van der Waals surface area contributed by atoms with Crippen molar-refractivity contribution in [2.45, 2.75) is 32.9 Å². The van der Waals surface area contributed by atoms with Crippen molar-refractivity contribution in [3.05, 3.63) is 29.8 Å². The van der Waals surface area contributed by atoms with Crippen molar-refractivity contribution in [2.75, 3.05) is 18.5 Å². The Morgan fingerprint density at radius 2 is 2.11 bits per heavy atom. The molecule has 0 aromatic heterocycles. The Morgan fingerprint density at radius 3 is 2.68 bits per heavy atom. The lowest BCUT2D eigenvalue weighted by molar-refractivity contribution is -0.119. The van der Waals surface area contributed by atoms with Crippen LogP contribution < -0.4 is 10.6 Å². The van der Waals surface area contributed by atoms with Crippen LogP contribution in [0.4, 0.5) is 5.69 Å². The molecule has 0 radical (unpaired) electrons. The molecule has 19 heavy (non-hydrogen) atoms. The van der Waals surface area contributed by atoms with Gasteiger partial charge in [0, 0.05) is 12.2 Å². The summed E-state index contributed by atoms with van der Waals surface area (Å²) >= 11 is 0. The van der Waals surface area contributed by atoms with Crippen molar-refractivity contribution >= 4 is 11.6 Å². The predicted octanol–water partition coefficient (Wildman–Crippen LogP) is 2.16. The Morgan fingerprint density at radius 1 is 1.37 bits per heavy atom. The standard InChI is InChI=1S/C15H22N2O2/c1-3-16-9-12-4-6-14(7-5-12)17-15(18)13-8-11(2)19-10-13/h4-7,11,13,16H,3,8-10H2,1-2H3,(H,17,18). The van der Waals surface area contributed by atoms with E-state index in [-0.39, 0.29) is 17.9 Å². The zero-order valence-electron chi connectivity index (χ0n) is 11.6. The minimum absolute atomic E-state index is 0.0172. The van der Waals surface area contributed by atoms with Crippen LogP contribution in [0.25, 0.3) is 0 Å². The van der Waals surface area contributed by atoms with Crippen molar-refractivity contribution in [3.8, 4) is 0 Å². The third-order valence-electron chi connectivity index (χ3n) is 3.37. The van der Waals surface area contributed by atoms with Crippen molar-refractivity contribution < 1.29 is 9.53 Å². The monoisotopic (exact) mass is 262 g/mol. The van der Waals surface area contributed by atoms with Gasteiger partial charge in [-0.2, -0.15) is 0 Å². The SMILES string of the molecule is CCNCc1ccc(NC(=O)C2COC(C)C2)cc1. The van der Waals surface area contributed by atoms with Crippen LogP contribution >= 0.6 is 0 Å². The molecule has 0 aliphatic carbocycles. The molecule has 2 unspecified atom stereocenters. The normalized spacial score (nSPS) is 22.4. The predicted molar refractivity (Wildman–Crippen MR) is 76.0 cm³/mol. The van der Waals surface area contributed by atoms with E-state index in [1.807, 2.05) is 31.2 Å². The molecule has 0 saturated carbocycles. The minimum Gasteiger partial charge on any atom is -0.378 e.